The fourth-order valence-corrected chi connectivity index (χ4v) is 4.23. The van der Waals surface area contributed by atoms with Gasteiger partial charge in [0.25, 0.3) is 5.91 Å². The Kier molecular flexibility index (Phi) is 7.45. The van der Waals surface area contributed by atoms with E-state index in [9.17, 15) is 18.0 Å². The summed E-state index contributed by atoms with van der Waals surface area (Å²) in [5.74, 6) is -0.440. The molecule has 0 aliphatic heterocycles. The van der Waals surface area contributed by atoms with Crippen LogP contribution in [0.15, 0.2) is 24.3 Å². The first-order valence-corrected chi connectivity index (χ1v) is 11.6. The Morgan fingerprint density at radius 1 is 1.07 bits per heavy atom. The fraction of sp³-hybridized carbons (Fsp3) is 0.619. The third-order valence-corrected chi connectivity index (χ3v) is 7.29. The molecule has 0 radical (unpaired) electrons. The highest BCUT2D eigenvalue weighted by Crippen LogP contribution is 2.27. The van der Waals surface area contributed by atoms with Crippen molar-refractivity contribution < 1.29 is 18.0 Å². The Bertz CT molecular complexity index is 836. The van der Waals surface area contributed by atoms with Crippen LogP contribution in [0.5, 0.6) is 0 Å². The molecule has 1 saturated carbocycles. The summed E-state index contributed by atoms with van der Waals surface area (Å²) >= 11 is 0. The first kappa shape index (κ1) is 23.3. The number of carbonyl (C=O) groups excluding carboxylic acids is 2. The highest BCUT2D eigenvalue weighted by molar-refractivity contribution is 7.90. The van der Waals surface area contributed by atoms with Crippen molar-refractivity contribution >= 4 is 27.5 Å². The normalized spacial score (nSPS) is 20.3. The lowest BCUT2D eigenvalue weighted by atomic mass is 9.86. The monoisotopic (exact) mass is 423 g/mol. The van der Waals surface area contributed by atoms with Gasteiger partial charge in [-0.1, -0.05) is 6.07 Å². The molecule has 1 aliphatic carbocycles. The number of anilines is 1. The second-order valence-corrected chi connectivity index (χ2v) is 11.4. The zero-order valence-electron chi connectivity index (χ0n) is 17.9. The number of rotatable bonds is 6. The lowest BCUT2D eigenvalue weighted by Crippen LogP contribution is -2.46. The van der Waals surface area contributed by atoms with Crippen LogP contribution in [0, 0.1) is 5.92 Å². The summed E-state index contributed by atoms with van der Waals surface area (Å²) in [5.41, 5.74) is 1.08. The molecule has 7 nitrogen and oxygen atoms in total. The maximum absolute atomic E-state index is 12.6. The Labute approximate surface area is 174 Å². The molecule has 0 heterocycles. The van der Waals surface area contributed by atoms with Crippen LogP contribution >= 0.6 is 0 Å². The summed E-state index contributed by atoms with van der Waals surface area (Å²) in [4.78, 5) is 24.8. The number of hydrogen-bond donors (Lipinski definition) is 3. The molecule has 0 unspecified atom stereocenters. The van der Waals surface area contributed by atoms with Gasteiger partial charge in [0.1, 0.15) is 0 Å². The van der Waals surface area contributed by atoms with Crippen LogP contribution in [-0.2, 0) is 14.8 Å². The summed E-state index contributed by atoms with van der Waals surface area (Å²) in [6.45, 7) is 8.79. The molecule has 1 aromatic carbocycles. The number of amides is 2. The van der Waals surface area contributed by atoms with Crippen molar-refractivity contribution in [3.05, 3.63) is 29.8 Å². The largest absolute Gasteiger partial charge is 0.350 e. The van der Waals surface area contributed by atoms with Crippen LogP contribution in [0.25, 0.3) is 0 Å². The van der Waals surface area contributed by atoms with Gasteiger partial charge in [-0.3, -0.25) is 9.59 Å². The first-order valence-electron chi connectivity index (χ1n) is 10.1. The van der Waals surface area contributed by atoms with Gasteiger partial charge < -0.3 is 10.6 Å². The number of carbonyl (C=O) groups is 2. The summed E-state index contributed by atoms with van der Waals surface area (Å²) in [7, 11) is -3.39. The van der Waals surface area contributed by atoms with E-state index in [2.05, 4.69) is 15.4 Å². The van der Waals surface area contributed by atoms with E-state index in [0.29, 0.717) is 36.9 Å². The molecule has 3 N–H and O–H groups in total. The van der Waals surface area contributed by atoms with E-state index < -0.39 is 14.8 Å². The van der Waals surface area contributed by atoms with Crippen LogP contribution in [0.1, 0.15) is 70.7 Å². The molecule has 2 rings (SSSR count). The lowest BCUT2D eigenvalue weighted by molar-refractivity contribution is -0.120. The van der Waals surface area contributed by atoms with Gasteiger partial charge in [-0.15, -0.1) is 0 Å². The number of nitrogens with one attached hydrogen (secondary N) is 3. The topological polar surface area (TPSA) is 104 Å². The van der Waals surface area contributed by atoms with Gasteiger partial charge in [-0.2, -0.15) is 0 Å². The molecule has 1 fully saturated rings. The van der Waals surface area contributed by atoms with Crippen molar-refractivity contribution in [3.8, 4) is 0 Å². The molecule has 2 amide bonds. The Hall–Kier alpha value is -1.93. The predicted molar refractivity (Wildman–Crippen MR) is 115 cm³/mol. The van der Waals surface area contributed by atoms with Crippen LogP contribution in [-0.4, -0.2) is 37.1 Å². The second-order valence-electron chi connectivity index (χ2n) is 8.98. The molecule has 1 aliphatic rings. The fourth-order valence-electron chi connectivity index (χ4n) is 3.20. The van der Waals surface area contributed by atoms with E-state index in [1.165, 1.54) is 0 Å². The molecule has 0 spiro atoms. The van der Waals surface area contributed by atoms with E-state index in [1.54, 1.807) is 45.0 Å². The minimum absolute atomic E-state index is 0.0339. The molecule has 29 heavy (non-hydrogen) atoms. The maximum atomic E-state index is 12.6. The van der Waals surface area contributed by atoms with Crippen molar-refractivity contribution in [2.45, 2.75) is 77.1 Å². The van der Waals surface area contributed by atoms with Crippen molar-refractivity contribution in [3.63, 3.8) is 0 Å². The third-order valence-electron chi connectivity index (χ3n) is 5.04. The van der Waals surface area contributed by atoms with E-state index in [0.717, 1.165) is 0 Å². The highest BCUT2D eigenvalue weighted by Gasteiger charge is 2.34. The van der Waals surface area contributed by atoms with Crippen LogP contribution in [0.2, 0.25) is 0 Å². The van der Waals surface area contributed by atoms with Crippen molar-refractivity contribution in [2.24, 2.45) is 5.92 Å². The van der Waals surface area contributed by atoms with Gasteiger partial charge >= 0.3 is 0 Å². The number of sulfonamides is 1. The smallest absolute Gasteiger partial charge is 0.251 e. The van der Waals surface area contributed by atoms with Gasteiger partial charge in [0.05, 0.1) is 4.75 Å². The summed E-state index contributed by atoms with van der Waals surface area (Å²) < 4.78 is 26.5. The molecule has 0 atom stereocenters. The molecule has 0 bridgehead atoms. The summed E-state index contributed by atoms with van der Waals surface area (Å²) in [6, 6.07) is 6.77. The molecular formula is C21H33N3O4S. The van der Waals surface area contributed by atoms with E-state index in [4.69, 9.17) is 0 Å². The third kappa shape index (κ3) is 6.54. The van der Waals surface area contributed by atoms with Crippen LogP contribution in [0.3, 0.4) is 0 Å². The van der Waals surface area contributed by atoms with Crippen molar-refractivity contribution in [2.75, 3.05) is 5.32 Å². The molecule has 0 saturated heterocycles. The SMILES string of the molecule is CC(C)NC(=O)c1cccc(NC(=O)C2CCC(NS(=O)(=O)C(C)(C)C)CC2)c1. The van der Waals surface area contributed by atoms with E-state index in [1.807, 2.05) is 13.8 Å². The average molecular weight is 424 g/mol. The summed E-state index contributed by atoms with van der Waals surface area (Å²) in [5, 5.41) is 5.72. The average Bonchev–Trinajstić information content (AvgIpc) is 2.60. The number of benzene rings is 1. The Balaban J connectivity index is 1.91. The predicted octanol–water partition coefficient (Wildman–Crippen LogP) is 3.04. The second kappa shape index (κ2) is 9.26. The quantitative estimate of drug-likeness (QED) is 0.654. The zero-order chi connectivity index (χ0) is 21.8. The Morgan fingerprint density at radius 2 is 1.69 bits per heavy atom. The minimum Gasteiger partial charge on any atom is -0.350 e. The van der Waals surface area contributed by atoms with Gasteiger partial charge in [0, 0.05) is 29.3 Å². The van der Waals surface area contributed by atoms with Crippen LogP contribution < -0.4 is 15.4 Å². The lowest BCUT2D eigenvalue weighted by Gasteiger charge is -2.30. The zero-order valence-corrected chi connectivity index (χ0v) is 18.7. The first-order chi connectivity index (χ1) is 13.4. The van der Waals surface area contributed by atoms with E-state index >= 15 is 0 Å². The molecule has 162 valence electrons. The Morgan fingerprint density at radius 3 is 2.24 bits per heavy atom. The summed E-state index contributed by atoms with van der Waals surface area (Å²) in [6.07, 6.45) is 2.50. The van der Waals surface area contributed by atoms with Gasteiger partial charge in [0.15, 0.2) is 0 Å². The maximum Gasteiger partial charge on any atom is 0.251 e. The standard InChI is InChI=1S/C21H33N3O4S/c1-14(2)22-20(26)16-7-6-8-18(13-16)23-19(25)15-9-11-17(12-10-15)24-29(27,28)21(3,4)5/h6-8,13-15,17,24H,9-12H2,1-5H3,(H,22,26)(H,23,25). The van der Waals surface area contributed by atoms with Gasteiger partial charge in [-0.25, -0.2) is 13.1 Å². The molecule has 8 heteroatoms. The minimum atomic E-state index is -3.39. The molecule has 0 aromatic heterocycles. The van der Waals surface area contributed by atoms with Crippen molar-refractivity contribution in [1.82, 2.24) is 10.0 Å². The number of hydrogen-bond acceptors (Lipinski definition) is 4. The van der Waals surface area contributed by atoms with Gasteiger partial charge in [0.2, 0.25) is 15.9 Å². The van der Waals surface area contributed by atoms with E-state index in [-0.39, 0.29) is 29.8 Å². The van der Waals surface area contributed by atoms with Crippen LogP contribution in [0.4, 0.5) is 5.69 Å². The van der Waals surface area contributed by atoms with Gasteiger partial charge in [-0.05, 0) is 78.5 Å². The molecule has 1 aromatic rings. The van der Waals surface area contributed by atoms with Crippen molar-refractivity contribution in [1.29, 1.82) is 0 Å². The molecular weight excluding hydrogens is 390 g/mol. The highest BCUT2D eigenvalue weighted by atomic mass is 32.2.